The highest BCUT2D eigenvalue weighted by Gasteiger charge is 2.34. The number of halogens is 2. The summed E-state index contributed by atoms with van der Waals surface area (Å²) in [6.45, 7) is 1.43. The van der Waals surface area contributed by atoms with Crippen molar-refractivity contribution in [3.63, 3.8) is 0 Å². The lowest BCUT2D eigenvalue weighted by atomic mass is 9.83. The third-order valence-electron chi connectivity index (χ3n) is 5.18. The zero-order valence-corrected chi connectivity index (χ0v) is 18.1. The van der Waals surface area contributed by atoms with Gasteiger partial charge in [-0.3, -0.25) is 4.79 Å². The third kappa shape index (κ3) is 4.94. The van der Waals surface area contributed by atoms with Crippen LogP contribution in [0.25, 0.3) is 0 Å². The van der Waals surface area contributed by atoms with E-state index in [9.17, 15) is 14.9 Å². The molecule has 1 amide bonds. The van der Waals surface area contributed by atoms with E-state index < -0.39 is 24.0 Å². The molecular formula is C21H22Cl2N4O3. The third-order valence-corrected chi connectivity index (χ3v) is 5.93. The standard InChI is InChI=1S/C21H22Cl2N4O3/c1-14-18(19(23)27(26-14)11-15-7-3-4-8-16(15)22)20(29)30-12-17(28)25-21(13-24)9-5-2-6-10-21/h3-4,7-8H,2,5-6,9-12H2,1H3,(H,25,28). The maximum Gasteiger partial charge on any atom is 0.343 e. The number of nitriles is 1. The number of amides is 1. The van der Waals surface area contributed by atoms with Gasteiger partial charge in [0.2, 0.25) is 0 Å². The number of carbonyl (C=O) groups is 2. The molecule has 30 heavy (non-hydrogen) atoms. The number of nitrogens with one attached hydrogen (secondary N) is 1. The van der Waals surface area contributed by atoms with Gasteiger partial charge in [-0.05, 0) is 31.4 Å². The predicted octanol–water partition coefficient (Wildman–Crippen LogP) is 4.05. The van der Waals surface area contributed by atoms with Gasteiger partial charge in [0, 0.05) is 5.02 Å². The minimum Gasteiger partial charge on any atom is -0.452 e. The molecule has 1 heterocycles. The molecule has 7 nitrogen and oxygen atoms in total. The quantitative estimate of drug-likeness (QED) is 0.672. The lowest BCUT2D eigenvalue weighted by Crippen LogP contribution is -2.50. The largest absolute Gasteiger partial charge is 0.452 e. The van der Waals surface area contributed by atoms with Gasteiger partial charge >= 0.3 is 5.97 Å². The van der Waals surface area contributed by atoms with Crippen molar-refractivity contribution in [3.05, 3.63) is 51.3 Å². The zero-order valence-electron chi connectivity index (χ0n) is 16.6. The molecule has 0 radical (unpaired) electrons. The zero-order chi connectivity index (χ0) is 21.7. The number of rotatable bonds is 6. The molecule has 0 saturated heterocycles. The van der Waals surface area contributed by atoms with Crippen LogP contribution in [0.2, 0.25) is 10.2 Å². The number of aryl methyl sites for hydroxylation is 1. The van der Waals surface area contributed by atoms with Crippen molar-refractivity contribution >= 4 is 35.1 Å². The fourth-order valence-electron chi connectivity index (χ4n) is 3.60. The number of hydrogen-bond acceptors (Lipinski definition) is 5. The van der Waals surface area contributed by atoms with Gasteiger partial charge in [-0.2, -0.15) is 10.4 Å². The molecule has 1 aromatic heterocycles. The van der Waals surface area contributed by atoms with E-state index in [1.807, 2.05) is 18.2 Å². The van der Waals surface area contributed by atoms with Crippen LogP contribution in [-0.4, -0.2) is 33.8 Å². The number of carbonyl (C=O) groups excluding carboxylic acids is 2. The van der Waals surface area contributed by atoms with E-state index in [1.165, 1.54) is 4.68 Å². The van der Waals surface area contributed by atoms with Crippen molar-refractivity contribution in [2.75, 3.05) is 6.61 Å². The van der Waals surface area contributed by atoms with Crippen molar-refractivity contribution in [2.24, 2.45) is 0 Å². The Balaban J connectivity index is 1.64. The first-order valence-electron chi connectivity index (χ1n) is 9.71. The molecule has 2 aromatic rings. The van der Waals surface area contributed by atoms with Gasteiger partial charge < -0.3 is 10.1 Å². The Kier molecular flexibility index (Phi) is 7.01. The second kappa shape index (κ2) is 9.50. The van der Waals surface area contributed by atoms with Gasteiger partial charge in [0.1, 0.15) is 16.3 Å². The summed E-state index contributed by atoms with van der Waals surface area (Å²) in [6.07, 6.45) is 4.01. The highest BCUT2D eigenvalue weighted by atomic mass is 35.5. The van der Waals surface area contributed by atoms with Gasteiger partial charge in [-0.1, -0.05) is 60.7 Å². The summed E-state index contributed by atoms with van der Waals surface area (Å²) in [4.78, 5) is 24.8. The van der Waals surface area contributed by atoms with Crippen molar-refractivity contribution in [3.8, 4) is 6.07 Å². The highest BCUT2D eigenvalue weighted by molar-refractivity contribution is 6.33. The molecule has 0 aliphatic heterocycles. The molecule has 158 valence electrons. The lowest BCUT2D eigenvalue weighted by molar-refractivity contribution is -0.125. The van der Waals surface area contributed by atoms with Crippen LogP contribution in [0.3, 0.4) is 0 Å². The summed E-state index contributed by atoms with van der Waals surface area (Å²) in [5.74, 6) is -1.25. The number of esters is 1. The molecule has 0 spiro atoms. The molecule has 0 unspecified atom stereocenters. The molecule has 1 fully saturated rings. The average molecular weight is 449 g/mol. The molecule has 1 aromatic carbocycles. The molecule has 1 aliphatic rings. The number of aromatic nitrogens is 2. The average Bonchev–Trinajstić information content (AvgIpc) is 3.01. The van der Waals surface area contributed by atoms with Crippen molar-refractivity contribution < 1.29 is 14.3 Å². The van der Waals surface area contributed by atoms with E-state index in [0.717, 1.165) is 24.8 Å². The van der Waals surface area contributed by atoms with E-state index in [0.29, 0.717) is 23.6 Å². The predicted molar refractivity (Wildman–Crippen MR) is 112 cm³/mol. The summed E-state index contributed by atoms with van der Waals surface area (Å²) in [6, 6.07) is 9.47. The van der Waals surface area contributed by atoms with Gasteiger partial charge in [0.05, 0.1) is 18.3 Å². The highest BCUT2D eigenvalue weighted by Crippen LogP contribution is 2.27. The van der Waals surface area contributed by atoms with Gasteiger partial charge in [0.25, 0.3) is 5.91 Å². The summed E-state index contributed by atoms with van der Waals surface area (Å²) in [5.41, 5.74) is 0.411. The van der Waals surface area contributed by atoms with Crippen molar-refractivity contribution in [2.45, 2.75) is 51.1 Å². The molecule has 3 rings (SSSR count). The molecule has 0 bridgehead atoms. The monoisotopic (exact) mass is 448 g/mol. The van der Waals surface area contributed by atoms with Crippen LogP contribution < -0.4 is 5.32 Å². The summed E-state index contributed by atoms with van der Waals surface area (Å²) >= 11 is 12.5. The van der Waals surface area contributed by atoms with E-state index in [-0.39, 0.29) is 17.3 Å². The minimum absolute atomic E-state index is 0.101. The molecule has 0 atom stereocenters. The van der Waals surface area contributed by atoms with Crippen LogP contribution in [0.1, 0.15) is 53.7 Å². The number of nitrogens with zero attached hydrogens (tertiary/aromatic N) is 3. The maximum absolute atomic E-state index is 12.5. The van der Waals surface area contributed by atoms with E-state index in [2.05, 4.69) is 16.5 Å². The first kappa shape index (κ1) is 22.1. The minimum atomic E-state index is -0.880. The molecule has 1 aliphatic carbocycles. The van der Waals surface area contributed by atoms with Crippen LogP contribution in [0.5, 0.6) is 0 Å². The smallest absolute Gasteiger partial charge is 0.343 e. The van der Waals surface area contributed by atoms with Crippen LogP contribution in [0.15, 0.2) is 24.3 Å². The van der Waals surface area contributed by atoms with Crippen molar-refractivity contribution in [1.82, 2.24) is 15.1 Å². The number of benzene rings is 1. The molecule has 1 saturated carbocycles. The summed E-state index contributed by atoms with van der Waals surface area (Å²) in [7, 11) is 0. The van der Waals surface area contributed by atoms with E-state index in [1.54, 1.807) is 13.0 Å². The van der Waals surface area contributed by atoms with E-state index >= 15 is 0 Å². The van der Waals surface area contributed by atoms with Crippen LogP contribution in [0, 0.1) is 18.3 Å². The Labute approximate surface area is 184 Å². The fourth-order valence-corrected chi connectivity index (χ4v) is 4.11. The van der Waals surface area contributed by atoms with Gasteiger partial charge in [-0.25, -0.2) is 9.48 Å². The second-order valence-corrected chi connectivity index (χ2v) is 8.14. The maximum atomic E-state index is 12.5. The Morgan fingerprint density at radius 3 is 2.63 bits per heavy atom. The molecule has 1 N–H and O–H groups in total. The fraction of sp³-hybridized carbons (Fsp3) is 0.429. The summed E-state index contributed by atoms with van der Waals surface area (Å²) < 4.78 is 6.61. The Hall–Kier alpha value is -2.56. The van der Waals surface area contributed by atoms with Crippen LogP contribution in [0.4, 0.5) is 0 Å². The molecular weight excluding hydrogens is 427 g/mol. The lowest BCUT2D eigenvalue weighted by Gasteiger charge is -2.31. The van der Waals surface area contributed by atoms with Crippen LogP contribution >= 0.6 is 23.2 Å². The van der Waals surface area contributed by atoms with Crippen LogP contribution in [-0.2, 0) is 16.1 Å². The number of ether oxygens (including phenoxy) is 1. The Bertz CT molecular complexity index is 991. The topological polar surface area (TPSA) is 97.0 Å². The van der Waals surface area contributed by atoms with Gasteiger partial charge in [-0.15, -0.1) is 0 Å². The second-order valence-electron chi connectivity index (χ2n) is 7.38. The first-order valence-corrected chi connectivity index (χ1v) is 10.5. The number of hydrogen-bond donors (Lipinski definition) is 1. The van der Waals surface area contributed by atoms with E-state index in [4.69, 9.17) is 27.9 Å². The SMILES string of the molecule is Cc1nn(Cc2ccccc2Cl)c(Cl)c1C(=O)OCC(=O)NC1(C#N)CCCCC1. The normalized spacial score (nSPS) is 15.3. The Morgan fingerprint density at radius 1 is 1.27 bits per heavy atom. The first-order chi connectivity index (χ1) is 14.3. The van der Waals surface area contributed by atoms with Gasteiger partial charge in [0.15, 0.2) is 6.61 Å². The van der Waals surface area contributed by atoms with Crippen molar-refractivity contribution in [1.29, 1.82) is 5.26 Å². The molecule has 9 heteroatoms. The Morgan fingerprint density at radius 2 is 1.97 bits per heavy atom. The summed E-state index contributed by atoms with van der Waals surface area (Å²) in [5, 5.41) is 17.1.